The van der Waals surface area contributed by atoms with Crippen molar-refractivity contribution in [2.24, 2.45) is 0 Å². The molecule has 0 atom stereocenters. The Hall–Kier alpha value is -1.91. The number of halogens is 1. The van der Waals surface area contributed by atoms with Crippen LogP contribution in [0.1, 0.15) is 11.1 Å². The summed E-state index contributed by atoms with van der Waals surface area (Å²) < 4.78 is 0. The van der Waals surface area contributed by atoms with Gasteiger partial charge in [0.2, 0.25) is 5.91 Å². The van der Waals surface area contributed by atoms with Gasteiger partial charge in [-0.1, -0.05) is 29.8 Å². The maximum Gasteiger partial charge on any atom is 0.227 e. The molecule has 122 valence electrons. The molecule has 2 rings (SSSR count). The lowest BCUT2D eigenvalue weighted by atomic mass is 10.1. The summed E-state index contributed by atoms with van der Waals surface area (Å²) in [6.45, 7) is 2.10. The van der Waals surface area contributed by atoms with Crippen LogP contribution in [-0.2, 0) is 17.8 Å². The van der Waals surface area contributed by atoms with Gasteiger partial charge in [-0.15, -0.1) is 0 Å². The number of hydrogen-bond acceptors (Lipinski definition) is 3. The highest BCUT2D eigenvalue weighted by Crippen LogP contribution is 2.12. The largest absolute Gasteiger partial charge is 0.337 e. The number of benzene rings is 1. The maximum atomic E-state index is 12.7. The Morgan fingerprint density at radius 2 is 1.83 bits per heavy atom. The Morgan fingerprint density at radius 1 is 1.09 bits per heavy atom. The molecule has 5 heteroatoms. The molecule has 0 spiro atoms. The van der Waals surface area contributed by atoms with Gasteiger partial charge in [0.25, 0.3) is 0 Å². The molecule has 1 amide bonds. The van der Waals surface area contributed by atoms with Gasteiger partial charge in [0.1, 0.15) is 0 Å². The van der Waals surface area contributed by atoms with Crippen molar-refractivity contribution in [3.05, 3.63) is 64.9 Å². The van der Waals surface area contributed by atoms with Gasteiger partial charge in [-0.2, -0.15) is 0 Å². The van der Waals surface area contributed by atoms with Crippen LogP contribution in [0.3, 0.4) is 0 Å². The second kappa shape index (κ2) is 8.65. The van der Waals surface area contributed by atoms with Crippen LogP contribution in [0.25, 0.3) is 0 Å². The lowest BCUT2D eigenvalue weighted by Gasteiger charge is -2.24. The molecule has 0 N–H and O–H groups in total. The van der Waals surface area contributed by atoms with Crippen LogP contribution in [0.2, 0.25) is 5.02 Å². The smallest absolute Gasteiger partial charge is 0.227 e. The predicted molar refractivity (Wildman–Crippen MR) is 93.4 cm³/mol. The van der Waals surface area contributed by atoms with E-state index in [9.17, 15) is 4.79 Å². The molecule has 0 aliphatic rings. The van der Waals surface area contributed by atoms with Crippen LogP contribution >= 0.6 is 11.6 Å². The Labute approximate surface area is 142 Å². The first-order valence-corrected chi connectivity index (χ1v) is 7.98. The van der Waals surface area contributed by atoms with Crippen molar-refractivity contribution in [3.63, 3.8) is 0 Å². The number of aromatic nitrogens is 1. The van der Waals surface area contributed by atoms with Crippen molar-refractivity contribution in [2.75, 3.05) is 27.2 Å². The Morgan fingerprint density at radius 3 is 2.43 bits per heavy atom. The normalized spacial score (nSPS) is 10.8. The highest BCUT2D eigenvalue weighted by atomic mass is 35.5. The molecule has 1 heterocycles. The van der Waals surface area contributed by atoms with E-state index in [1.54, 1.807) is 12.4 Å². The summed E-state index contributed by atoms with van der Waals surface area (Å²) in [6, 6.07) is 11.4. The standard InChI is InChI=1S/C18H22ClN3O/c1-21(2)10-11-22(14-15-5-7-17(19)8-6-15)18(23)12-16-4-3-9-20-13-16/h3-9,13H,10-12,14H2,1-2H3. The number of nitrogens with zero attached hydrogens (tertiary/aromatic N) is 3. The van der Waals surface area contributed by atoms with E-state index in [2.05, 4.69) is 9.88 Å². The molecule has 1 aromatic carbocycles. The average Bonchev–Trinajstić information content (AvgIpc) is 2.54. The first-order valence-electron chi connectivity index (χ1n) is 7.60. The van der Waals surface area contributed by atoms with E-state index < -0.39 is 0 Å². The van der Waals surface area contributed by atoms with Gasteiger partial charge in [0.05, 0.1) is 6.42 Å². The van der Waals surface area contributed by atoms with Crippen molar-refractivity contribution in [3.8, 4) is 0 Å². The molecule has 0 aliphatic heterocycles. The summed E-state index contributed by atoms with van der Waals surface area (Å²) in [5.74, 6) is 0.106. The number of carbonyl (C=O) groups excluding carboxylic acids is 1. The second-order valence-electron chi connectivity index (χ2n) is 5.78. The van der Waals surface area contributed by atoms with E-state index in [0.29, 0.717) is 24.5 Å². The van der Waals surface area contributed by atoms with Gasteiger partial charge < -0.3 is 9.80 Å². The van der Waals surface area contributed by atoms with Gasteiger partial charge in [-0.05, 0) is 43.4 Å². The van der Waals surface area contributed by atoms with Crippen molar-refractivity contribution in [1.82, 2.24) is 14.8 Å². The third-order valence-corrected chi connectivity index (χ3v) is 3.79. The SMILES string of the molecule is CN(C)CCN(Cc1ccc(Cl)cc1)C(=O)Cc1cccnc1. The topological polar surface area (TPSA) is 36.4 Å². The second-order valence-corrected chi connectivity index (χ2v) is 6.22. The minimum absolute atomic E-state index is 0.106. The number of likely N-dealkylation sites (N-methyl/N-ethyl adjacent to an activating group) is 1. The zero-order valence-corrected chi connectivity index (χ0v) is 14.3. The number of hydrogen-bond donors (Lipinski definition) is 0. The van der Waals surface area contributed by atoms with Gasteiger partial charge >= 0.3 is 0 Å². The van der Waals surface area contributed by atoms with Crippen molar-refractivity contribution in [1.29, 1.82) is 0 Å². The molecule has 23 heavy (non-hydrogen) atoms. The highest BCUT2D eigenvalue weighted by molar-refractivity contribution is 6.30. The lowest BCUT2D eigenvalue weighted by molar-refractivity contribution is -0.131. The summed E-state index contributed by atoms with van der Waals surface area (Å²) in [6.07, 6.45) is 3.82. The monoisotopic (exact) mass is 331 g/mol. The number of carbonyl (C=O) groups is 1. The lowest BCUT2D eigenvalue weighted by Crippen LogP contribution is -2.37. The van der Waals surface area contributed by atoms with Crippen molar-refractivity contribution in [2.45, 2.75) is 13.0 Å². The van der Waals surface area contributed by atoms with E-state index in [-0.39, 0.29) is 5.91 Å². The highest BCUT2D eigenvalue weighted by Gasteiger charge is 2.15. The molecule has 0 aliphatic carbocycles. The summed E-state index contributed by atoms with van der Waals surface area (Å²) in [5.41, 5.74) is 2.01. The molecule has 2 aromatic rings. The summed E-state index contributed by atoms with van der Waals surface area (Å²) >= 11 is 5.93. The fraction of sp³-hybridized carbons (Fsp3) is 0.333. The Bertz CT molecular complexity index is 614. The van der Waals surface area contributed by atoms with Crippen molar-refractivity contribution >= 4 is 17.5 Å². The third kappa shape index (κ3) is 6.00. The minimum Gasteiger partial charge on any atom is -0.337 e. The molecule has 0 saturated carbocycles. The van der Waals surface area contributed by atoms with Crippen LogP contribution in [-0.4, -0.2) is 47.9 Å². The van der Waals surface area contributed by atoms with Gasteiger partial charge in [-0.25, -0.2) is 0 Å². The fourth-order valence-electron chi connectivity index (χ4n) is 2.21. The van der Waals surface area contributed by atoms with Crippen LogP contribution in [0.4, 0.5) is 0 Å². The Balaban J connectivity index is 2.06. The first kappa shape index (κ1) is 17.4. The van der Waals surface area contributed by atoms with E-state index in [1.807, 2.05) is 55.4 Å². The van der Waals surface area contributed by atoms with E-state index in [0.717, 1.165) is 17.7 Å². The van der Waals surface area contributed by atoms with Crippen molar-refractivity contribution < 1.29 is 4.79 Å². The third-order valence-electron chi connectivity index (χ3n) is 3.53. The molecule has 4 nitrogen and oxygen atoms in total. The zero-order chi connectivity index (χ0) is 16.7. The van der Waals surface area contributed by atoms with Gasteiger partial charge in [-0.3, -0.25) is 9.78 Å². The summed E-state index contributed by atoms with van der Waals surface area (Å²) in [7, 11) is 4.01. The fourth-order valence-corrected chi connectivity index (χ4v) is 2.34. The number of pyridine rings is 1. The van der Waals surface area contributed by atoms with E-state index >= 15 is 0 Å². The molecule has 0 unspecified atom stereocenters. The summed E-state index contributed by atoms with van der Waals surface area (Å²) in [4.78, 5) is 20.7. The molecular weight excluding hydrogens is 310 g/mol. The van der Waals surface area contributed by atoms with Crippen LogP contribution in [0.15, 0.2) is 48.8 Å². The quantitative estimate of drug-likeness (QED) is 0.782. The predicted octanol–water partition coefficient (Wildman–Crippen LogP) is 2.87. The Kier molecular flexibility index (Phi) is 6.56. The van der Waals surface area contributed by atoms with Crippen LogP contribution in [0, 0.1) is 0 Å². The van der Waals surface area contributed by atoms with Gasteiger partial charge in [0.15, 0.2) is 0 Å². The zero-order valence-electron chi connectivity index (χ0n) is 13.6. The number of amides is 1. The van der Waals surface area contributed by atoms with E-state index in [1.165, 1.54) is 0 Å². The maximum absolute atomic E-state index is 12.7. The average molecular weight is 332 g/mol. The van der Waals surface area contributed by atoms with Crippen LogP contribution in [0.5, 0.6) is 0 Å². The van der Waals surface area contributed by atoms with Gasteiger partial charge in [0, 0.05) is 37.1 Å². The van der Waals surface area contributed by atoms with Crippen LogP contribution < -0.4 is 0 Å². The molecular formula is C18H22ClN3O. The molecule has 1 aromatic heterocycles. The molecule has 0 bridgehead atoms. The molecule has 0 radical (unpaired) electrons. The van der Waals surface area contributed by atoms with E-state index in [4.69, 9.17) is 11.6 Å². The first-order chi connectivity index (χ1) is 11.0. The molecule has 0 fully saturated rings. The molecule has 0 saturated heterocycles. The minimum atomic E-state index is 0.106. The number of rotatable bonds is 7. The summed E-state index contributed by atoms with van der Waals surface area (Å²) in [5, 5.41) is 0.704.